The maximum absolute atomic E-state index is 12.4. The van der Waals surface area contributed by atoms with Gasteiger partial charge >= 0.3 is 6.03 Å². The number of carbonyl (C=O) groups is 3. The largest absolute Gasteiger partial charge is 0.467 e. The minimum Gasteiger partial charge on any atom is -0.467 e. The monoisotopic (exact) mass is 402 g/mol. The highest BCUT2D eigenvalue weighted by Gasteiger charge is 2.27. The van der Waals surface area contributed by atoms with Crippen molar-refractivity contribution in [3.05, 3.63) is 24.3 Å². The summed E-state index contributed by atoms with van der Waals surface area (Å²) >= 11 is 1.54. The highest BCUT2D eigenvalue weighted by Crippen LogP contribution is 2.29. The molecule has 8 nitrogen and oxygen atoms in total. The summed E-state index contributed by atoms with van der Waals surface area (Å²) in [5.41, 5.74) is 0.943. The number of thiazole rings is 1. The van der Waals surface area contributed by atoms with Crippen molar-refractivity contribution in [2.75, 3.05) is 26.2 Å². The molecule has 28 heavy (non-hydrogen) atoms. The first-order chi connectivity index (χ1) is 13.6. The van der Waals surface area contributed by atoms with E-state index in [4.69, 9.17) is 4.74 Å². The number of urea groups is 1. The van der Waals surface area contributed by atoms with Gasteiger partial charge in [-0.05, 0) is 12.1 Å². The maximum atomic E-state index is 12.4. The standard InChI is InChI=1S/C19H22N4O4S/c24-16-7-11-23(18(26)21-16)12-8-17(25)22-9-5-13(6-10-22)27-19-20-14-3-1-2-4-15(14)28-19/h1-4,13H,5-12H2,(H,21,24,26). The molecular weight excluding hydrogens is 380 g/mol. The van der Waals surface area contributed by atoms with Crippen LogP contribution in [0.4, 0.5) is 4.79 Å². The minimum atomic E-state index is -0.410. The van der Waals surface area contributed by atoms with E-state index in [0.29, 0.717) is 31.4 Å². The number of para-hydroxylation sites is 1. The Morgan fingerprint density at radius 3 is 2.75 bits per heavy atom. The van der Waals surface area contributed by atoms with Crippen LogP contribution >= 0.6 is 11.3 Å². The molecule has 2 saturated heterocycles. The summed E-state index contributed by atoms with van der Waals surface area (Å²) in [6.07, 6.45) is 2.14. The quantitative estimate of drug-likeness (QED) is 0.826. The van der Waals surface area contributed by atoms with E-state index >= 15 is 0 Å². The van der Waals surface area contributed by atoms with E-state index < -0.39 is 6.03 Å². The molecule has 0 bridgehead atoms. The van der Waals surface area contributed by atoms with Crippen LogP contribution in [0.2, 0.25) is 0 Å². The van der Waals surface area contributed by atoms with E-state index in [1.54, 1.807) is 11.3 Å². The number of hydrogen-bond donors (Lipinski definition) is 1. The number of ether oxygens (including phenoxy) is 1. The zero-order valence-electron chi connectivity index (χ0n) is 15.4. The van der Waals surface area contributed by atoms with Gasteiger partial charge in [-0.2, -0.15) is 0 Å². The fraction of sp³-hybridized carbons (Fsp3) is 0.474. The number of fused-ring (bicyclic) bond motifs is 1. The van der Waals surface area contributed by atoms with Crippen molar-refractivity contribution in [2.24, 2.45) is 0 Å². The molecule has 0 aliphatic carbocycles. The number of benzene rings is 1. The van der Waals surface area contributed by atoms with Crippen molar-refractivity contribution < 1.29 is 19.1 Å². The summed E-state index contributed by atoms with van der Waals surface area (Å²) in [5.74, 6) is -0.231. The summed E-state index contributed by atoms with van der Waals surface area (Å²) in [6.45, 7) is 1.98. The molecule has 9 heteroatoms. The van der Waals surface area contributed by atoms with E-state index in [-0.39, 0.29) is 30.8 Å². The van der Waals surface area contributed by atoms with Gasteiger partial charge in [-0.25, -0.2) is 9.78 Å². The molecule has 2 aromatic rings. The highest BCUT2D eigenvalue weighted by molar-refractivity contribution is 7.20. The summed E-state index contributed by atoms with van der Waals surface area (Å²) in [6, 6.07) is 7.53. The molecule has 2 aliphatic rings. The Kier molecular flexibility index (Phi) is 5.43. The van der Waals surface area contributed by atoms with Gasteiger partial charge in [0.2, 0.25) is 11.8 Å². The number of aromatic nitrogens is 1. The van der Waals surface area contributed by atoms with Gasteiger partial charge in [-0.3, -0.25) is 14.9 Å². The fourth-order valence-corrected chi connectivity index (χ4v) is 4.35. The Labute approximate surface area is 166 Å². The molecule has 1 N–H and O–H groups in total. The van der Waals surface area contributed by atoms with Crippen LogP contribution in [0.15, 0.2) is 24.3 Å². The molecule has 0 unspecified atom stereocenters. The second-order valence-electron chi connectivity index (χ2n) is 6.99. The number of imide groups is 1. The molecule has 0 saturated carbocycles. The average Bonchev–Trinajstić information content (AvgIpc) is 3.10. The summed E-state index contributed by atoms with van der Waals surface area (Å²) in [4.78, 5) is 43.2. The van der Waals surface area contributed by atoms with Gasteiger partial charge in [0.05, 0.1) is 10.2 Å². The lowest BCUT2D eigenvalue weighted by Crippen LogP contribution is -2.50. The third kappa shape index (κ3) is 4.24. The van der Waals surface area contributed by atoms with Crippen LogP contribution in [0.1, 0.15) is 25.7 Å². The zero-order chi connectivity index (χ0) is 19.5. The smallest absolute Gasteiger partial charge is 0.324 e. The average molecular weight is 402 g/mol. The van der Waals surface area contributed by atoms with Crippen LogP contribution in [0.3, 0.4) is 0 Å². The SMILES string of the molecule is O=C1CCN(CCC(=O)N2CCC(Oc3nc4ccccc4s3)CC2)C(=O)N1. The summed E-state index contributed by atoms with van der Waals surface area (Å²) in [7, 11) is 0. The number of rotatable bonds is 5. The summed E-state index contributed by atoms with van der Waals surface area (Å²) < 4.78 is 7.13. The van der Waals surface area contributed by atoms with E-state index in [9.17, 15) is 14.4 Å². The molecule has 4 amide bonds. The lowest BCUT2D eigenvalue weighted by Gasteiger charge is -2.32. The first kappa shape index (κ1) is 18.7. The fourth-order valence-electron chi connectivity index (χ4n) is 3.47. The van der Waals surface area contributed by atoms with Gasteiger partial charge in [0.25, 0.3) is 5.19 Å². The first-order valence-electron chi connectivity index (χ1n) is 9.47. The predicted molar refractivity (Wildman–Crippen MR) is 104 cm³/mol. The van der Waals surface area contributed by atoms with Gasteiger partial charge in [0, 0.05) is 51.9 Å². The number of likely N-dealkylation sites (tertiary alicyclic amines) is 1. The number of carbonyl (C=O) groups excluding carboxylic acids is 3. The van der Waals surface area contributed by atoms with Crippen LogP contribution in [-0.4, -0.2) is 64.9 Å². The second-order valence-corrected chi connectivity index (χ2v) is 7.98. The van der Waals surface area contributed by atoms with Crippen molar-refractivity contribution in [2.45, 2.75) is 31.8 Å². The molecule has 0 atom stereocenters. The minimum absolute atomic E-state index is 0.0307. The molecule has 4 rings (SSSR count). The van der Waals surface area contributed by atoms with Crippen molar-refractivity contribution in [3.8, 4) is 5.19 Å². The normalized spacial score (nSPS) is 18.4. The predicted octanol–water partition coefficient (Wildman–Crippen LogP) is 2.00. The van der Waals surface area contributed by atoms with E-state index in [1.807, 2.05) is 29.2 Å². The van der Waals surface area contributed by atoms with E-state index in [0.717, 1.165) is 23.1 Å². The van der Waals surface area contributed by atoms with Gasteiger partial charge in [0.15, 0.2) is 0 Å². The number of nitrogens with one attached hydrogen (secondary N) is 1. The van der Waals surface area contributed by atoms with E-state index in [2.05, 4.69) is 10.3 Å². The molecule has 1 aromatic heterocycles. The molecule has 2 fully saturated rings. The number of nitrogens with zero attached hydrogens (tertiary/aromatic N) is 3. The van der Waals surface area contributed by atoms with Crippen molar-refractivity contribution in [1.29, 1.82) is 0 Å². The third-order valence-corrected chi connectivity index (χ3v) is 6.00. The van der Waals surface area contributed by atoms with Crippen LogP contribution in [-0.2, 0) is 9.59 Å². The van der Waals surface area contributed by atoms with Crippen LogP contribution in [0, 0.1) is 0 Å². The molecule has 0 radical (unpaired) electrons. The Bertz CT molecular complexity index is 858. The van der Waals surface area contributed by atoms with Gasteiger partial charge in [-0.1, -0.05) is 23.5 Å². The Hall–Kier alpha value is -2.68. The molecule has 3 heterocycles. The summed E-state index contributed by atoms with van der Waals surface area (Å²) in [5, 5.41) is 2.95. The topological polar surface area (TPSA) is 91.8 Å². The third-order valence-electron chi connectivity index (χ3n) is 5.07. The lowest BCUT2D eigenvalue weighted by molar-refractivity contribution is -0.133. The van der Waals surface area contributed by atoms with Gasteiger partial charge < -0.3 is 14.5 Å². The van der Waals surface area contributed by atoms with Crippen molar-refractivity contribution in [1.82, 2.24) is 20.1 Å². The van der Waals surface area contributed by atoms with Crippen molar-refractivity contribution >= 4 is 39.4 Å². The number of hydrogen-bond acceptors (Lipinski definition) is 6. The number of piperidine rings is 1. The maximum Gasteiger partial charge on any atom is 0.324 e. The second kappa shape index (κ2) is 8.14. The molecule has 2 aliphatic heterocycles. The molecule has 148 valence electrons. The Balaban J connectivity index is 1.22. The van der Waals surface area contributed by atoms with Gasteiger partial charge in [-0.15, -0.1) is 0 Å². The zero-order valence-corrected chi connectivity index (χ0v) is 16.2. The first-order valence-corrected chi connectivity index (χ1v) is 10.3. The van der Waals surface area contributed by atoms with E-state index in [1.165, 1.54) is 4.90 Å². The van der Waals surface area contributed by atoms with Crippen LogP contribution < -0.4 is 10.1 Å². The molecular formula is C19H22N4O4S. The molecule has 0 spiro atoms. The van der Waals surface area contributed by atoms with Gasteiger partial charge in [0.1, 0.15) is 6.10 Å². The lowest BCUT2D eigenvalue weighted by atomic mass is 10.1. The Morgan fingerprint density at radius 2 is 2.00 bits per heavy atom. The van der Waals surface area contributed by atoms with Crippen LogP contribution in [0.5, 0.6) is 5.19 Å². The highest BCUT2D eigenvalue weighted by atomic mass is 32.1. The van der Waals surface area contributed by atoms with Crippen molar-refractivity contribution in [3.63, 3.8) is 0 Å². The Morgan fingerprint density at radius 1 is 1.21 bits per heavy atom. The molecule has 1 aromatic carbocycles. The van der Waals surface area contributed by atoms with Crippen LogP contribution in [0.25, 0.3) is 10.2 Å². The number of amides is 4.